The summed E-state index contributed by atoms with van der Waals surface area (Å²) in [4.78, 5) is 0. The van der Waals surface area contributed by atoms with E-state index in [0.29, 0.717) is 10.7 Å². The summed E-state index contributed by atoms with van der Waals surface area (Å²) in [6, 6.07) is 0.917. The predicted molar refractivity (Wildman–Crippen MR) is 73.4 cm³/mol. The van der Waals surface area contributed by atoms with E-state index in [1.807, 2.05) is 0 Å². The third-order valence-corrected chi connectivity index (χ3v) is 8.36. The van der Waals surface area contributed by atoms with Gasteiger partial charge in [-0.1, -0.05) is 0 Å². The summed E-state index contributed by atoms with van der Waals surface area (Å²) in [6.07, 6.45) is 6.50. The molecule has 2 aliphatic rings. The smallest absolute Gasteiger partial charge is 0.377 e. The summed E-state index contributed by atoms with van der Waals surface area (Å²) < 4.78 is 16.5. The van der Waals surface area contributed by atoms with Gasteiger partial charge < -0.3 is 13.3 Å². The summed E-state index contributed by atoms with van der Waals surface area (Å²) in [6.45, 7) is 0. The zero-order chi connectivity index (χ0) is 12.5. The van der Waals surface area contributed by atoms with Crippen molar-refractivity contribution in [2.24, 2.45) is 11.3 Å². The van der Waals surface area contributed by atoms with E-state index in [9.17, 15) is 0 Å². The number of hydrogen-bond donors (Lipinski definition) is 1. The van der Waals surface area contributed by atoms with Crippen molar-refractivity contribution >= 4 is 21.4 Å². The second-order valence-corrected chi connectivity index (χ2v) is 9.23. The van der Waals surface area contributed by atoms with Crippen LogP contribution >= 0.6 is 12.6 Å². The molecule has 0 radical (unpaired) electrons. The van der Waals surface area contributed by atoms with Crippen LogP contribution in [-0.2, 0) is 13.3 Å². The van der Waals surface area contributed by atoms with Crippen molar-refractivity contribution in [2.45, 2.75) is 43.4 Å². The molecular formula is C12H24O3SSi. The predicted octanol–water partition coefficient (Wildman–Crippen LogP) is 2.74. The van der Waals surface area contributed by atoms with Crippen LogP contribution in [0.2, 0.25) is 6.04 Å². The van der Waals surface area contributed by atoms with Gasteiger partial charge in [-0.2, -0.15) is 12.6 Å². The van der Waals surface area contributed by atoms with Crippen molar-refractivity contribution in [1.82, 2.24) is 0 Å². The lowest BCUT2D eigenvalue weighted by Gasteiger charge is -2.34. The van der Waals surface area contributed by atoms with Crippen molar-refractivity contribution in [3.63, 3.8) is 0 Å². The number of rotatable bonds is 6. The van der Waals surface area contributed by atoms with Gasteiger partial charge in [-0.05, 0) is 43.4 Å². The highest BCUT2D eigenvalue weighted by atomic mass is 32.1. The van der Waals surface area contributed by atoms with Crippen molar-refractivity contribution in [2.75, 3.05) is 21.3 Å². The molecule has 5 heteroatoms. The summed E-state index contributed by atoms with van der Waals surface area (Å²) >= 11 is 4.79. The molecule has 2 bridgehead atoms. The van der Waals surface area contributed by atoms with Gasteiger partial charge in [-0.25, -0.2) is 0 Å². The molecule has 3 nitrogen and oxygen atoms in total. The highest BCUT2D eigenvalue weighted by Crippen LogP contribution is 2.58. The monoisotopic (exact) mass is 276 g/mol. The van der Waals surface area contributed by atoms with Crippen LogP contribution in [0.3, 0.4) is 0 Å². The molecule has 0 aromatic heterocycles. The van der Waals surface area contributed by atoms with Gasteiger partial charge in [-0.15, -0.1) is 0 Å². The van der Waals surface area contributed by atoms with E-state index in [4.69, 9.17) is 25.9 Å². The molecule has 0 heterocycles. The summed E-state index contributed by atoms with van der Waals surface area (Å²) in [7, 11) is 2.69. The Hall–Kier alpha value is 0.447. The molecule has 0 amide bonds. The molecule has 0 aromatic rings. The maximum atomic E-state index is 5.50. The van der Waals surface area contributed by atoms with E-state index in [2.05, 4.69) is 0 Å². The normalized spacial score (nSPS) is 36.7. The Morgan fingerprint density at radius 3 is 2.29 bits per heavy atom. The average Bonchev–Trinajstić information content (AvgIpc) is 2.89. The molecule has 2 saturated carbocycles. The second kappa shape index (κ2) is 5.21. The molecule has 0 N–H and O–H groups in total. The largest absolute Gasteiger partial charge is 0.500 e. The summed E-state index contributed by atoms with van der Waals surface area (Å²) in [5.74, 6) is 0.918. The van der Waals surface area contributed by atoms with Crippen LogP contribution in [0, 0.1) is 11.3 Å². The minimum atomic E-state index is -2.39. The first-order valence-corrected chi connectivity index (χ1v) is 8.88. The maximum absolute atomic E-state index is 5.50. The summed E-state index contributed by atoms with van der Waals surface area (Å²) in [5.41, 5.74) is 0.432. The quantitative estimate of drug-likeness (QED) is 0.597. The Morgan fingerprint density at radius 1 is 1.24 bits per heavy atom. The van der Waals surface area contributed by atoms with E-state index in [1.54, 1.807) is 21.3 Å². The number of thiol groups is 1. The molecule has 2 aliphatic carbocycles. The molecule has 0 aromatic carbocycles. The molecule has 3 atom stereocenters. The van der Waals surface area contributed by atoms with Crippen LogP contribution in [0.1, 0.15) is 32.1 Å². The highest BCUT2D eigenvalue weighted by molar-refractivity contribution is 7.81. The van der Waals surface area contributed by atoms with E-state index in [1.165, 1.54) is 25.7 Å². The van der Waals surface area contributed by atoms with E-state index in [0.717, 1.165) is 18.4 Å². The van der Waals surface area contributed by atoms with Crippen molar-refractivity contribution in [1.29, 1.82) is 0 Å². The zero-order valence-corrected chi connectivity index (χ0v) is 13.0. The van der Waals surface area contributed by atoms with Gasteiger partial charge in [0, 0.05) is 32.6 Å². The van der Waals surface area contributed by atoms with Gasteiger partial charge in [0.25, 0.3) is 0 Å². The standard InChI is InChI=1S/C12H24O3SSi/c1-13-17(14-2,15-3)7-6-12-5-4-10(9-12)8-11(12)16/h10-11,16H,4-9H2,1-3H3. The lowest BCUT2D eigenvalue weighted by Crippen LogP contribution is -2.44. The molecule has 0 aliphatic heterocycles. The van der Waals surface area contributed by atoms with E-state index >= 15 is 0 Å². The van der Waals surface area contributed by atoms with Crippen LogP contribution in [0.5, 0.6) is 0 Å². The molecule has 3 unspecified atom stereocenters. The Labute approximate surface area is 111 Å². The SMILES string of the molecule is CO[Si](CCC12CCC(CC1S)C2)(OC)OC. The minimum Gasteiger partial charge on any atom is -0.377 e. The van der Waals surface area contributed by atoms with Gasteiger partial charge in [0.1, 0.15) is 0 Å². The van der Waals surface area contributed by atoms with Gasteiger partial charge in [0.2, 0.25) is 0 Å². The molecule has 2 fully saturated rings. The first-order valence-electron chi connectivity index (χ1n) is 6.43. The molecule has 100 valence electrons. The lowest BCUT2D eigenvalue weighted by atomic mass is 9.81. The fraction of sp³-hybridized carbons (Fsp3) is 1.00. The van der Waals surface area contributed by atoms with Gasteiger partial charge >= 0.3 is 8.80 Å². The Morgan fingerprint density at radius 2 is 1.88 bits per heavy atom. The number of hydrogen-bond acceptors (Lipinski definition) is 4. The van der Waals surface area contributed by atoms with E-state index in [-0.39, 0.29) is 0 Å². The van der Waals surface area contributed by atoms with Crippen molar-refractivity contribution in [3.05, 3.63) is 0 Å². The van der Waals surface area contributed by atoms with Crippen molar-refractivity contribution < 1.29 is 13.3 Å². The van der Waals surface area contributed by atoms with Gasteiger partial charge in [0.05, 0.1) is 0 Å². The van der Waals surface area contributed by atoms with Crippen LogP contribution in [-0.4, -0.2) is 35.4 Å². The van der Waals surface area contributed by atoms with Crippen LogP contribution < -0.4 is 0 Å². The lowest BCUT2D eigenvalue weighted by molar-refractivity contribution is 0.117. The zero-order valence-electron chi connectivity index (χ0n) is 11.1. The van der Waals surface area contributed by atoms with Crippen LogP contribution in [0.4, 0.5) is 0 Å². The van der Waals surface area contributed by atoms with Crippen LogP contribution in [0.25, 0.3) is 0 Å². The molecule has 2 rings (SSSR count). The Bertz CT molecular complexity index is 264. The molecule has 0 spiro atoms. The molecule has 0 saturated heterocycles. The fourth-order valence-electron chi connectivity index (χ4n) is 3.69. The third-order valence-electron chi connectivity index (χ3n) is 4.87. The van der Waals surface area contributed by atoms with E-state index < -0.39 is 8.80 Å². The highest BCUT2D eigenvalue weighted by Gasteiger charge is 2.52. The fourth-order valence-corrected chi connectivity index (χ4v) is 6.27. The topological polar surface area (TPSA) is 27.7 Å². The Balaban J connectivity index is 1.97. The first kappa shape index (κ1) is 13.9. The number of fused-ring (bicyclic) bond motifs is 2. The van der Waals surface area contributed by atoms with Crippen molar-refractivity contribution in [3.8, 4) is 0 Å². The maximum Gasteiger partial charge on any atom is 0.500 e. The average molecular weight is 276 g/mol. The van der Waals surface area contributed by atoms with Gasteiger partial charge in [0.15, 0.2) is 0 Å². The minimum absolute atomic E-state index is 0.432. The summed E-state index contributed by atoms with van der Waals surface area (Å²) in [5, 5.41) is 0.568. The third kappa shape index (κ3) is 2.45. The molecule has 17 heavy (non-hydrogen) atoms. The second-order valence-electron chi connectivity index (χ2n) is 5.52. The van der Waals surface area contributed by atoms with Gasteiger partial charge in [-0.3, -0.25) is 0 Å². The van der Waals surface area contributed by atoms with Crippen LogP contribution in [0.15, 0.2) is 0 Å². The Kier molecular flexibility index (Phi) is 4.25. The molecular weight excluding hydrogens is 252 g/mol. The first-order chi connectivity index (χ1) is 8.10.